The van der Waals surface area contributed by atoms with E-state index in [1.54, 1.807) is 13.8 Å². The molecule has 0 aliphatic carbocycles. The van der Waals surface area contributed by atoms with Gasteiger partial charge in [0.25, 0.3) is 0 Å². The summed E-state index contributed by atoms with van der Waals surface area (Å²) in [6, 6.07) is -26.2. The number of benzene rings is 6. The predicted octanol–water partition coefficient (Wildman–Crippen LogP) is 19.3. The first-order valence-electron chi connectivity index (χ1n) is 88.9. The molecule has 6 aromatic carbocycles. The van der Waals surface area contributed by atoms with Gasteiger partial charge in [0.1, 0.15) is 0 Å². The molecule has 0 radical (unpaired) electrons. The lowest BCUT2D eigenvalue weighted by Gasteiger charge is -2.47. The highest BCUT2D eigenvalue weighted by molar-refractivity contribution is 5.55. The minimum Gasteiger partial charge on any atom is -0.493 e. The van der Waals surface area contributed by atoms with Gasteiger partial charge in [0.2, 0.25) is 0 Å². The Morgan fingerprint density at radius 1 is 0.305 bits per heavy atom. The fraction of sp³-hybridized carbons (Fsp3) is 0.692. The van der Waals surface area contributed by atoms with Crippen LogP contribution in [0.25, 0.3) is 0 Å². The third kappa shape index (κ3) is 26.9. The Balaban J connectivity index is 0.000000219. The highest BCUT2D eigenvalue weighted by Crippen LogP contribution is 2.53. The first-order chi connectivity index (χ1) is 102. The average molecular weight is 2050 g/mol. The monoisotopic (exact) mass is 2050 g/mol. The number of piperidine rings is 6. The normalized spacial score (nSPS) is 47.7. The maximum absolute atomic E-state index is 11.6. The molecule has 18 rings (SSSR count). The zero-order valence-electron chi connectivity index (χ0n) is 170. The summed E-state index contributed by atoms with van der Waals surface area (Å²) >= 11 is 0. The molecule has 24 heteroatoms. The number of hydrogen-bond donors (Lipinski definition) is 6. The maximum atomic E-state index is 11.6. The SMILES string of the molecule is [2H]c1c(OC([2H])([2H])[2H])c(OC)c([2H])c2c1C1([2H])CC(O)C(C([2H])([2H])C(C)(C([2H])([2H])[2H])C([2H])([2H])[2H])C([2H])([2H])N1C([2H])([2H])C2([2H])[2H].[2H]c1c(OC([2H])([2H])[2H])c(OC)c([2H])c2c1C1([2H])CC(O)C(CC(C)C)C([2H])([2H])N1C([2H])([2H])C2([2H])[2H].[2H]c1c(OC([2H])([2H])[2H])c(OC)c([2H])c2c1C1N(C([2H])([2H])C(C([2H])([2H])C(C)(C([2H])([2H])[2H])C([2H])([2H])[2H])C([2H])(O)C1([2H])[2H])C([2H])([2H])C2([2H])[2H].[2H]c1c(OC)c(OC)c([2H])c2c1C1([2H])CC(O)C(C([2H])([2H])C(C)(C([2H])([2H])[2H])C([2H])([2H])[2H])C([2H])([2H])N1C([2H])([2H])C2([2H])[2H].[2H]c1c(OC)c(OC)c([2H])c2c1C1([2H])CC(O)C(CC(C)C)C([2H])([2H])N1C([2H])([2H])C2([2H])[2H].[2H]c1c(OC)c(OC)c([2H])c2c1C1([2H])CC(O)C(CC(C)C)C([2H])([2H])N1C([2H])([2H])C2([2H])[2H]. The van der Waals surface area contributed by atoms with Gasteiger partial charge in [0.15, 0.2) is 69.0 Å². The van der Waals surface area contributed by atoms with Crippen LogP contribution >= 0.6 is 0 Å². The number of rotatable bonds is 21. The Kier molecular flexibility index (Phi) is 14.6. The van der Waals surface area contributed by atoms with Gasteiger partial charge < -0.3 is 87.5 Å². The van der Waals surface area contributed by atoms with Crippen molar-refractivity contribution in [1.29, 1.82) is 0 Å². The molecule has 12 aliphatic heterocycles. The summed E-state index contributed by atoms with van der Waals surface area (Å²) in [6.45, 7) is -50.1. The van der Waals surface area contributed by atoms with Crippen molar-refractivity contribution < 1.29 is 209 Å². The topological polar surface area (TPSA) is 252 Å². The summed E-state index contributed by atoms with van der Waals surface area (Å²) in [5.74, 6) is -19.6. The molecule has 6 fully saturated rings. The summed E-state index contributed by atoms with van der Waals surface area (Å²) in [7, 11) is 0.0718. The summed E-state index contributed by atoms with van der Waals surface area (Å²) < 4.78 is 813. The summed E-state index contributed by atoms with van der Waals surface area (Å²) in [5.41, 5.74) is -19.7. The first-order valence-corrected chi connectivity index (χ1v) is 44.4. The van der Waals surface area contributed by atoms with E-state index in [0.29, 0.717) is 35.5 Å². The minimum atomic E-state index is -4.24. The fourth-order valence-electron chi connectivity index (χ4n) is 16.4. The van der Waals surface area contributed by atoms with Crippen LogP contribution in [0.5, 0.6) is 69.0 Å². The van der Waals surface area contributed by atoms with Crippen LogP contribution in [0.1, 0.15) is 405 Å². The molecular weight excluding hydrogens is 1780 g/mol. The molecule has 18 unspecified atom stereocenters. The smallest absolute Gasteiger partial charge is 0.161 e. The standard InChI is InChI=1S/3C20H31NO3.3C19H29NO3/c3*1-20(2,3)11-14-12-21-7-6-13-8-18(23-4)19(24-5)9-15(13)16(21)10-17(14)22;3*1-12(2)7-14-11-20-6-5-13-8-18(22-3)19(23-4)9-15(13)16(20)10-17(14)21/h3*8-9,14,16-17,22H,6-7,10-12H2,1-5H3;3*8-9,12,14,16-17,21H,5-7,10-11H2,1-4H3/i1D3,2D3,5D3,6D2,7D2,8D,9D,10D2,11D2,12D2,17D;1D3,2D3,5D3,6D2,7D2,8D,9D,11D2,12D2,16D;1D3,2D3,6D2,7D2,8D,9D,11D2,12D2,16D;4D3,5D2,6D2,8D,9D,11D2,16D;2*5D2,6D2,8D,9D,11D2,16D. The predicted molar refractivity (Wildman–Crippen MR) is 561 cm³/mol. The van der Waals surface area contributed by atoms with E-state index in [4.69, 9.17) is 172 Å². The zero-order chi connectivity index (χ0) is 180. The van der Waals surface area contributed by atoms with Crippen LogP contribution in [-0.4, -0.2) is 260 Å². The molecule has 6 aromatic rings. The molecule has 141 heavy (non-hydrogen) atoms. The van der Waals surface area contributed by atoms with Crippen molar-refractivity contribution in [3.63, 3.8) is 0 Å². The van der Waals surface area contributed by atoms with Crippen molar-refractivity contribution in [2.75, 3.05) is 163 Å². The van der Waals surface area contributed by atoms with Crippen LogP contribution in [0.2, 0.25) is 0 Å². The summed E-state index contributed by atoms with van der Waals surface area (Å²) in [5, 5.41) is 66.9. The third-order valence-corrected chi connectivity index (χ3v) is 22.8. The summed E-state index contributed by atoms with van der Waals surface area (Å²) in [4.78, 5) is 0.909. The van der Waals surface area contributed by atoms with Gasteiger partial charge in [-0.15, -0.1) is 0 Å². The maximum Gasteiger partial charge on any atom is 0.161 e. The largest absolute Gasteiger partial charge is 0.493 e. The molecule has 0 amide bonds. The number of nitrogens with zero attached hydrogens (tertiary/aromatic N) is 6. The number of hydrogen-bond acceptors (Lipinski definition) is 24. The second kappa shape index (κ2) is 48.4. The van der Waals surface area contributed by atoms with E-state index in [-0.39, 0.29) is 74.7 Å². The van der Waals surface area contributed by atoms with E-state index >= 15 is 0 Å². The Bertz CT molecular complexity index is 9310. The molecule has 24 nitrogen and oxygen atoms in total. The van der Waals surface area contributed by atoms with Crippen LogP contribution in [0.3, 0.4) is 0 Å². The van der Waals surface area contributed by atoms with Gasteiger partial charge in [-0.1, -0.05) is 103 Å². The quantitative estimate of drug-likeness (QED) is 0.0392. The Labute approximate surface area is 971 Å². The van der Waals surface area contributed by atoms with Gasteiger partial charge in [0.05, 0.1) is 159 Å². The highest BCUT2D eigenvalue weighted by Gasteiger charge is 2.47. The van der Waals surface area contributed by atoms with Gasteiger partial charge >= 0.3 is 0 Å². The number of ether oxygens (including phenoxy) is 12. The van der Waals surface area contributed by atoms with Gasteiger partial charge in [-0.25, -0.2) is 0 Å². The number of aliphatic hydroxyl groups excluding tert-OH is 5. The average Bonchev–Trinajstić information content (AvgIpc) is 0.644. The first kappa shape index (κ1) is 42.6. The Morgan fingerprint density at radius 3 is 0.738 bits per heavy atom. The van der Waals surface area contributed by atoms with Crippen molar-refractivity contribution in [3.8, 4) is 69.0 Å². The van der Waals surface area contributed by atoms with Crippen LogP contribution in [0.4, 0.5) is 0 Å². The van der Waals surface area contributed by atoms with Crippen LogP contribution in [0, 0.1) is 69.5 Å². The van der Waals surface area contributed by atoms with Crippen molar-refractivity contribution in [2.24, 2.45) is 69.5 Å². The van der Waals surface area contributed by atoms with Gasteiger partial charge in [-0.3, -0.25) is 29.4 Å². The number of methoxy groups -OCH3 is 12. The van der Waals surface area contributed by atoms with Gasteiger partial charge in [-0.2, -0.15) is 0 Å². The second-order valence-corrected chi connectivity index (χ2v) is 35.3. The molecule has 6 N–H and O–H groups in total. The lowest BCUT2D eigenvalue weighted by Crippen LogP contribution is -2.48. The fourth-order valence-corrected chi connectivity index (χ4v) is 16.4. The van der Waals surface area contributed by atoms with E-state index in [0.717, 1.165) is 35.5 Å². The lowest BCUT2D eigenvalue weighted by molar-refractivity contribution is -0.0259. The molecule has 0 bridgehead atoms. The molecule has 12 heterocycles. The number of aliphatic hydroxyl groups is 6. The third-order valence-electron chi connectivity index (χ3n) is 22.8. The van der Waals surface area contributed by atoms with Crippen molar-refractivity contribution >= 4 is 0 Å². The molecule has 0 saturated carbocycles. The Hall–Kier alpha value is -7.56. The van der Waals surface area contributed by atoms with E-state index in [1.807, 2.05) is 27.7 Å². The van der Waals surface area contributed by atoms with Gasteiger partial charge in [0, 0.05) is 199 Å². The molecule has 0 spiro atoms. The van der Waals surface area contributed by atoms with Crippen molar-refractivity contribution in [3.05, 3.63) is 139 Å². The minimum absolute atomic E-state index is 0.0343. The van der Waals surface area contributed by atoms with Crippen LogP contribution in [0.15, 0.2) is 72.5 Å². The van der Waals surface area contributed by atoms with E-state index in [1.165, 1.54) is 28.4 Å². The van der Waals surface area contributed by atoms with Crippen molar-refractivity contribution in [1.82, 2.24) is 29.4 Å². The highest BCUT2D eigenvalue weighted by atomic mass is 16.5. The van der Waals surface area contributed by atoms with E-state index in [2.05, 4.69) is 0 Å². The molecule has 6 saturated heterocycles. The molecule has 786 valence electrons. The lowest BCUT2D eigenvalue weighted by atomic mass is 9.75. The van der Waals surface area contributed by atoms with E-state index in [9.17, 15) is 37.5 Å². The molecule has 18 atom stereocenters. The summed E-state index contributed by atoms with van der Waals surface area (Å²) in [6.07, 6.45) is -51.9. The van der Waals surface area contributed by atoms with E-state index < -0.39 is 546 Å². The van der Waals surface area contributed by atoms with Crippen LogP contribution < -0.4 is 56.8 Å². The molecular formula is C117H180N6O18. The molecule has 12 aliphatic rings. The van der Waals surface area contributed by atoms with Gasteiger partial charge in [-0.05, 0) is 324 Å². The zero-order valence-corrected chi connectivity index (χ0v) is 80.6. The second-order valence-electron chi connectivity index (χ2n) is 35.3. The molecule has 0 aromatic heterocycles. The van der Waals surface area contributed by atoms with Crippen molar-refractivity contribution in [2.45, 2.75) is 291 Å². The van der Waals surface area contributed by atoms with Crippen LogP contribution in [-0.2, 0) is 38.2 Å². The number of fused-ring (bicyclic) bond motifs is 18. The Morgan fingerprint density at radius 2 is 0.504 bits per heavy atom.